The molecule has 3 aromatic rings. The lowest BCUT2D eigenvalue weighted by molar-refractivity contribution is 0.109. The van der Waals surface area contributed by atoms with E-state index in [0.29, 0.717) is 12.0 Å². The van der Waals surface area contributed by atoms with Crippen molar-refractivity contribution < 1.29 is 5.11 Å². The van der Waals surface area contributed by atoms with Gasteiger partial charge in [0.05, 0.1) is 17.5 Å². The van der Waals surface area contributed by atoms with Crippen LogP contribution in [-0.4, -0.2) is 80.0 Å². The maximum absolute atomic E-state index is 10.0. The Balaban J connectivity index is 1.42. The van der Waals surface area contributed by atoms with E-state index in [4.69, 9.17) is 10.1 Å². The molecule has 0 bridgehead atoms. The molecule has 0 radical (unpaired) electrons. The lowest BCUT2D eigenvalue weighted by Gasteiger charge is -2.32. The zero-order valence-electron chi connectivity index (χ0n) is 22.0. The van der Waals surface area contributed by atoms with Gasteiger partial charge in [-0.2, -0.15) is 10.1 Å². The first-order chi connectivity index (χ1) is 17.5. The van der Waals surface area contributed by atoms with Gasteiger partial charge >= 0.3 is 0 Å². The molecule has 1 aromatic carbocycles. The van der Waals surface area contributed by atoms with Gasteiger partial charge in [0.1, 0.15) is 5.69 Å². The molecule has 0 spiro atoms. The van der Waals surface area contributed by atoms with E-state index in [1.54, 1.807) is 0 Å². The number of benzene rings is 1. The number of hydrogen-bond donors (Lipinski definition) is 2. The van der Waals surface area contributed by atoms with Crippen molar-refractivity contribution >= 4 is 17.0 Å². The number of aromatic nitrogens is 4. The van der Waals surface area contributed by atoms with Crippen LogP contribution in [0.1, 0.15) is 64.0 Å². The molecule has 0 amide bonds. The zero-order valence-corrected chi connectivity index (χ0v) is 22.0. The second-order valence-electron chi connectivity index (χ2n) is 10.8. The van der Waals surface area contributed by atoms with E-state index in [1.807, 2.05) is 6.20 Å². The van der Waals surface area contributed by atoms with Crippen LogP contribution in [0, 0.1) is 0 Å². The normalized spacial score (nSPS) is 22.7. The fourth-order valence-electron chi connectivity index (χ4n) is 5.52. The van der Waals surface area contributed by atoms with E-state index in [9.17, 15) is 5.11 Å². The Morgan fingerprint density at radius 1 is 1.06 bits per heavy atom. The van der Waals surface area contributed by atoms with E-state index in [-0.39, 0.29) is 12.1 Å². The summed E-state index contributed by atoms with van der Waals surface area (Å²) in [6, 6.07) is 9.42. The summed E-state index contributed by atoms with van der Waals surface area (Å²) in [5.74, 6) is 0.662. The molecule has 194 valence electrons. The minimum atomic E-state index is -0.197. The lowest BCUT2D eigenvalue weighted by Crippen LogP contribution is -2.43. The Kier molecular flexibility index (Phi) is 7.84. The van der Waals surface area contributed by atoms with E-state index in [1.165, 1.54) is 5.56 Å². The average molecular weight is 492 g/mol. The van der Waals surface area contributed by atoms with Crippen molar-refractivity contribution in [2.75, 3.05) is 38.5 Å². The summed E-state index contributed by atoms with van der Waals surface area (Å²) in [6.07, 6.45) is 7.38. The van der Waals surface area contributed by atoms with E-state index < -0.39 is 0 Å². The van der Waals surface area contributed by atoms with Crippen molar-refractivity contribution in [3.05, 3.63) is 36.0 Å². The van der Waals surface area contributed by atoms with E-state index >= 15 is 0 Å². The summed E-state index contributed by atoms with van der Waals surface area (Å²) >= 11 is 0. The molecule has 2 aliphatic rings. The van der Waals surface area contributed by atoms with E-state index in [2.05, 4.69) is 69.9 Å². The summed E-state index contributed by atoms with van der Waals surface area (Å²) in [5, 5.41) is 19.6. The molecular formula is C28H41N7O. The molecule has 8 heteroatoms. The molecule has 0 unspecified atom stereocenters. The number of hydrogen-bond acceptors (Lipinski definition) is 7. The summed E-state index contributed by atoms with van der Waals surface area (Å²) in [7, 11) is 2.19. The number of piperazine rings is 1. The van der Waals surface area contributed by atoms with Crippen LogP contribution in [0.2, 0.25) is 0 Å². The second kappa shape index (κ2) is 11.2. The molecule has 3 heterocycles. The van der Waals surface area contributed by atoms with Crippen LogP contribution in [0.25, 0.3) is 22.3 Å². The smallest absolute Gasteiger partial charge is 0.224 e. The first kappa shape index (κ1) is 25.1. The van der Waals surface area contributed by atoms with Gasteiger partial charge in [0.2, 0.25) is 5.95 Å². The Morgan fingerprint density at radius 3 is 2.47 bits per heavy atom. The first-order valence-electron chi connectivity index (χ1n) is 13.7. The van der Waals surface area contributed by atoms with Gasteiger partial charge in [0.25, 0.3) is 0 Å². The molecule has 1 saturated heterocycles. The predicted molar refractivity (Wildman–Crippen MR) is 145 cm³/mol. The predicted octanol–water partition coefficient (Wildman–Crippen LogP) is 4.32. The Labute approximate surface area is 214 Å². The van der Waals surface area contributed by atoms with Gasteiger partial charge in [0, 0.05) is 50.5 Å². The molecule has 2 fully saturated rings. The van der Waals surface area contributed by atoms with Crippen molar-refractivity contribution in [2.24, 2.45) is 0 Å². The molecule has 1 aliphatic carbocycles. The van der Waals surface area contributed by atoms with E-state index in [0.717, 1.165) is 93.5 Å². The maximum Gasteiger partial charge on any atom is 0.224 e. The van der Waals surface area contributed by atoms with Gasteiger partial charge in [0.15, 0.2) is 5.65 Å². The van der Waals surface area contributed by atoms with Crippen LogP contribution in [0.3, 0.4) is 0 Å². The van der Waals surface area contributed by atoms with Gasteiger partial charge in [-0.1, -0.05) is 37.6 Å². The molecule has 8 nitrogen and oxygen atoms in total. The highest BCUT2D eigenvalue weighted by Crippen LogP contribution is 2.34. The monoisotopic (exact) mass is 491 g/mol. The number of aliphatic hydroxyl groups excluding tert-OH is 1. The maximum atomic E-state index is 10.0. The minimum Gasteiger partial charge on any atom is -0.393 e. The number of aliphatic hydroxyl groups is 1. The number of likely N-dealkylation sites (N-methyl/N-ethyl adjacent to an activating group) is 1. The topological polar surface area (TPSA) is 82.3 Å². The summed E-state index contributed by atoms with van der Waals surface area (Å²) in [5.41, 5.74) is 4.26. The first-order valence-corrected chi connectivity index (χ1v) is 13.7. The minimum absolute atomic E-state index is 0.197. The van der Waals surface area contributed by atoms with Crippen LogP contribution in [0.15, 0.2) is 30.5 Å². The molecule has 1 aliphatic heterocycles. The van der Waals surface area contributed by atoms with Crippen LogP contribution in [0.4, 0.5) is 5.95 Å². The standard InChI is InChI=1S/C28H41N7O/c1-4-5-20(2)30-28-29-18-25-26(32-35(27(25)31-28)23-10-12-24(36)13-11-23)22-8-6-21(7-9-22)19-34-16-14-33(3)15-17-34/h6-9,18,20,23-24,36H,4-5,10-17,19H2,1-3H3,(H,29,30,31)/t20-,23-,24-/m1/s1. The molecule has 2 aromatic heterocycles. The van der Waals surface area contributed by atoms with Crippen LogP contribution in [0.5, 0.6) is 0 Å². The quantitative estimate of drug-likeness (QED) is 0.486. The number of anilines is 1. The highest BCUT2D eigenvalue weighted by atomic mass is 16.3. The highest BCUT2D eigenvalue weighted by molar-refractivity contribution is 5.91. The largest absolute Gasteiger partial charge is 0.393 e. The molecule has 5 rings (SSSR count). The van der Waals surface area contributed by atoms with Crippen molar-refractivity contribution in [3.8, 4) is 11.3 Å². The molecule has 2 N–H and O–H groups in total. The molecule has 1 saturated carbocycles. The van der Waals surface area contributed by atoms with Crippen LogP contribution < -0.4 is 5.32 Å². The zero-order chi connectivity index (χ0) is 25.1. The molecular weight excluding hydrogens is 450 g/mol. The van der Waals surface area contributed by atoms with Gasteiger partial charge in [-0.25, -0.2) is 9.67 Å². The van der Waals surface area contributed by atoms with Crippen molar-refractivity contribution in [2.45, 2.75) is 77.1 Å². The number of nitrogens with zero attached hydrogens (tertiary/aromatic N) is 6. The van der Waals surface area contributed by atoms with Crippen molar-refractivity contribution in [1.29, 1.82) is 0 Å². The third-order valence-corrected chi connectivity index (χ3v) is 7.79. The van der Waals surface area contributed by atoms with Crippen LogP contribution in [-0.2, 0) is 6.54 Å². The number of nitrogens with one attached hydrogen (secondary N) is 1. The third kappa shape index (κ3) is 5.71. The summed E-state index contributed by atoms with van der Waals surface area (Å²) in [6.45, 7) is 9.86. The SMILES string of the molecule is CCC[C@@H](C)Nc1ncc2c(-c3ccc(CN4CCN(C)CC4)cc3)nn([C@H]3CC[C@H](O)CC3)c2n1. The number of rotatable bonds is 8. The molecule has 1 atom stereocenters. The summed E-state index contributed by atoms with van der Waals surface area (Å²) in [4.78, 5) is 14.5. The fourth-order valence-corrected chi connectivity index (χ4v) is 5.52. The highest BCUT2D eigenvalue weighted by Gasteiger charge is 2.26. The Hall–Kier alpha value is -2.55. The Morgan fingerprint density at radius 2 is 1.78 bits per heavy atom. The third-order valence-electron chi connectivity index (χ3n) is 7.79. The lowest BCUT2D eigenvalue weighted by atomic mass is 9.93. The van der Waals surface area contributed by atoms with Gasteiger partial charge in [-0.3, -0.25) is 4.90 Å². The Bertz CT molecular complexity index is 1130. The molecule has 36 heavy (non-hydrogen) atoms. The van der Waals surface area contributed by atoms with Crippen molar-refractivity contribution in [1.82, 2.24) is 29.5 Å². The van der Waals surface area contributed by atoms with Gasteiger partial charge < -0.3 is 15.3 Å². The van der Waals surface area contributed by atoms with Crippen LogP contribution >= 0.6 is 0 Å². The van der Waals surface area contributed by atoms with Gasteiger partial charge in [-0.05, 0) is 51.6 Å². The number of fused-ring (bicyclic) bond motifs is 1. The average Bonchev–Trinajstić information content (AvgIpc) is 3.25. The van der Waals surface area contributed by atoms with Gasteiger partial charge in [-0.15, -0.1) is 0 Å². The summed E-state index contributed by atoms with van der Waals surface area (Å²) < 4.78 is 2.10. The second-order valence-corrected chi connectivity index (χ2v) is 10.8. The fraction of sp³-hybridized carbons (Fsp3) is 0.607. The van der Waals surface area contributed by atoms with Crippen molar-refractivity contribution in [3.63, 3.8) is 0 Å².